The molecule has 0 aliphatic carbocycles. The van der Waals surface area contributed by atoms with Gasteiger partial charge in [-0.1, -0.05) is 182 Å². The second kappa shape index (κ2) is 16.3. The number of nitrogens with two attached hydrogens (primary N) is 1. The lowest BCUT2D eigenvalue weighted by atomic mass is 9.79. The monoisotopic (exact) mass is 765 g/mol. The van der Waals surface area contributed by atoms with Crippen molar-refractivity contribution in [2.45, 2.75) is 42.3 Å². The third-order valence-corrected chi connectivity index (χ3v) is 11.1. The van der Waals surface area contributed by atoms with E-state index in [9.17, 15) is 5.11 Å². The van der Waals surface area contributed by atoms with Crippen LogP contribution in [0.15, 0.2) is 195 Å². The first-order valence-electron chi connectivity index (χ1n) is 19.5. The van der Waals surface area contributed by atoms with Gasteiger partial charge in [-0.15, -0.1) is 0 Å². The zero-order valence-electron chi connectivity index (χ0n) is 31.7. The molecule has 2 aromatic heterocycles. The Morgan fingerprint density at radius 3 is 1.40 bits per heavy atom. The van der Waals surface area contributed by atoms with Gasteiger partial charge in [0.25, 0.3) is 0 Å². The summed E-state index contributed by atoms with van der Waals surface area (Å²) in [5.41, 5.74) is 11.0. The highest BCUT2D eigenvalue weighted by atomic mass is 16.6. The first kappa shape index (κ1) is 37.3. The van der Waals surface area contributed by atoms with Crippen LogP contribution >= 0.6 is 0 Å². The number of aliphatic hydroxyl groups is 1. The van der Waals surface area contributed by atoms with E-state index in [-0.39, 0.29) is 13.2 Å². The fourth-order valence-electron chi connectivity index (χ4n) is 8.35. The van der Waals surface area contributed by atoms with Gasteiger partial charge >= 0.3 is 0 Å². The fraction of sp³-hybridized carbons (Fsp3) is 0.163. The SMILES string of the molecule is NCc1ncnc2c1ncn2[C@@H]1O[C@H](COC(c2ccccc2)(c2ccccc2)c2ccccc2)[C@@H](O)[C@H]1OC(c1ccccc1)(c1ccccc1)c1ccccc1. The number of rotatable bonds is 13. The molecule has 9 nitrogen and oxygen atoms in total. The molecule has 0 amide bonds. The lowest BCUT2D eigenvalue weighted by Gasteiger charge is -2.40. The zero-order valence-corrected chi connectivity index (χ0v) is 31.7. The van der Waals surface area contributed by atoms with E-state index in [4.69, 9.17) is 24.9 Å². The van der Waals surface area contributed by atoms with Crippen LogP contribution in [0.1, 0.15) is 45.3 Å². The van der Waals surface area contributed by atoms with E-state index in [1.807, 2.05) is 114 Å². The number of benzene rings is 6. The molecule has 0 radical (unpaired) electrons. The Morgan fingerprint density at radius 2 is 0.983 bits per heavy atom. The standard InChI is InChI=1S/C49H43N5O4/c50-31-41-43-46(52-33-51-41)54(34-53-43)47-45(58-49(38-25-13-4-14-26-38,39-27-15-5-16-28-39)40-29-17-6-18-30-40)44(55)42(57-47)32-56-48(35-19-7-1-8-20-35,36-21-9-2-10-22-36)37-23-11-3-12-24-37/h1-30,33-34,42,44-45,47,55H,31-32,50H2/t42-,44-,45-,47-/m1/s1. The maximum absolute atomic E-state index is 12.8. The molecular formula is C49H43N5O4. The maximum Gasteiger partial charge on any atom is 0.166 e. The van der Waals surface area contributed by atoms with Gasteiger partial charge in [-0.25, -0.2) is 15.0 Å². The van der Waals surface area contributed by atoms with Crippen LogP contribution in [-0.4, -0.2) is 49.5 Å². The van der Waals surface area contributed by atoms with Crippen molar-refractivity contribution in [1.29, 1.82) is 0 Å². The Hall–Kier alpha value is -6.33. The summed E-state index contributed by atoms with van der Waals surface area (Å²) in [5, 5.41) is 12.8. The van der Waals surface area contributed by atoms with Gasteiger partial charge in [0.2, 0.25) is 0 Å². The second-order valence-corrected chi connectivity index (χ2v) is 14.4. The molecule has 6 aromatic carbocycles. The number of hydrogen-bond acceptors (Lipinski definition) is 8. The van der Waals surface area contributed by atoms with Crippen molar-refractivity contribution in [3.63, 3.8) is 0 Å². The van der Waals surface area contributed by atoms with Crippen LogP contribution < -0.4 is 5.73 Å². The van der Waals surface area contributed by atoms with Gasteiger partial charge in [-0.2, -0.15) is 0 Å². The lowest BCUT2D eigenvalue weighted by molar-refractivity contribution is -0.122. The molecule has 1 fully saturated rings. The van der Waals surface area contributed by atoms with Gasteiger partial charge in [0, 0.05) is 6.54 Å². The van der Waals surface area contributed by atoms with Crippen molar-refractivity contribution in [3.8, 4) is 0 Å². The molecule has 8 aromatic rings. The molecule has 9 rings (SSSR count). The summed E-state index contributed by atoms with van der Waals surface area (Å²) in [4.78, 5) is 13.7. The summed E-state index contributed by atoms with van der Waals surface area (Å²) in [6, 6.07) is 60.8. The highest BCUT2D eigenvalue weighted by molar-refractivity contribution is 5.73. The van der Waals surface area contributed by atoms with E-state index in [1.165, 1.54) is 6.33 Å². The van der Waals surface area contributed by atoms with Crippen LogP contribution in [-0.2, 0) is 32.0 Å². The Morgan fingerprint density at radius 1 is 0.569 bits per heavy atom. The van der Waals surface area contributed by atoms with Crippen LogP contribution in [0, 0.1) is 0 Å². The Labute approximate surface area is 337 Å². The van der Waals surface area contributed by atoms with Gasteiger partial charge < -0.3 is 25.1 Å². The van der Waals surface area contributed by atoms with Crippen molar-refractivity contribution in [2.24, 2.45) is 5.73 Å². The van der Waals surface area contributed by atoms with Crippen molar-refractivity contribution >= 4 is 11.2 Å². The van der Waals surface area contributed by atoms with Crippen LogP contribution in [0.4, 0.5) is 0 Å². The number of imidazole rings is 1. The molecule has 4 atom stereocenters. The second-order valence-electron chi connectivity index (χ2n) is 14.4. The molecule has 288 valence electrons. The van der Waals surface area contributed by atoms with E-state index < -0.39 is 35.7 Å². The van der Waals surface area contributed by atoms with Crippen molar-refractivity contribution < 1.29 is 19.3 Å². The molecule has 1 saturated heterocycles. The molecule has 3 N–H and O–H groups in total. The normalized spacial score (nSPS) is 18.4. The van der Waals surface area contributed by atoms with Crippen molar-refractivity contribution in [2.75, 3.05) is 6.61 Å². The summed E-state index contributed by atoms with van der Waals surface area (Å²) in [7, 11) is 0. The largest absolute Gasteiger partial charge is 0.387 e. The first-order valence-corrected chi connectivity index (χ1v) is 19.5. The molecule has 0 saturated carbocycles. The minimum Gasteiger partial charge on any atom is -0.387 e. The third kappa shape index (κ3) is 6.58. The average Bonchev–Trinajstić information content (AvgIpc) is 3.87. The highest BCUT2D eigenvalue weighted by Gasteiger charge is 2.52. The molecule has 1 aliphatic rings. The molecule has 58 heavy (non-hydrogen) atoms. The third-order valence-electron chi connectivity index (χ3n) is 11.1. The summed E-state index contributed by atoms with van der Waals surface area (Å²) in [6.45, 7) is 0.182. The minimum absolute atomic E-state index is 0.000877. The topological polar surface area (TPSA) is 118 Å². The van der Waals surface area contributed by atoms with E-state index >= 15 is 0 Å². The molecule has 0 unspecified atom stereocenters. The Balaban J connectivity index is 1.19. The van der Waals surface area contributed by atoms with Crippen LogP contribution in [0.5, 0.6) is 0 Å². The number of fused-ring (bicyclic) bond motifs is 1. The van der Waals surface area contributed by atoms with Gasteiger partial charge in [0.1, 0.15) is 41.4 Å². The fourth-order valence-corrected chi connectivity index (χ4v) is 8.35. The van der Waals surface area contributed by atoms with Crippen LogP contribution in [0.3, 0.4) is 0 Å². The van der Waals surface area contributed by atoms with Gasteiger partial charge in [0.05, 0.1) is 18.6 Å². The molecule has 3 heterocycles. The summed E-state index contributed by atoms with van der Waals surface area (Å²) in [6.07, 6.45) is -0.785. The molecule has 9 heteroatoms. The zero-order chi connectivity index (χ0) is 39.4. The van der Waals surface area contributed by atoms with E-state index in [1.54, 1.807) is 6.33 Å². The molecule has 1 aliphatic heterocycles. The number of ether oxygens (including phenoxy) is 3. The molecule has 0 bridgehead atoms. The summed E-state index contributed by atoms with van der Waals surface area (Å²) < 4.78 is 23.7. The van der Waals surface area contributed by atoms with Gasteiger partial charge in [-0.3, -0.25) is 4.57 Å². The minimum atomic E-state index is -1.19. The van der Waals surface area contributed by atoms with E-state index in [0.29, 0.717) is 16.9 Å². The number of hydrogen-bond donors (Lipinski definition) is 2. The Kier molecular flexibility index (Phi) is 10.4. The predicted octanol–water partition coefficient (Wildman–Crippen LogP) is 7.93. The molecule has 0 spiro atoms. The van der Waals surface area contributed by atoms with Crippen LogP contribution in [0.2, 0.25) is 0 Å². The van der Waals surface area contributed by atoms with E-state index in [0.717, 1.165) is 33.4 Å². The van der Waals surface area contributed by atoms with Crippen LogP contribution in [0.25, 0.3) is 11.2 Å². The average molecular weight is 766 g/mol. The number of aromatic nitrogens is 4. The van der Waals surface area contributed by atoms with E-state index in [2.05, 4.69) is 82.8 Å². The number of aliphatic hydroxyl groups excluding tert-OH is 1. The van der Waals surface area contributed by atoms with Crippen molar-refractivity contribution in [3.05, 3.63) is 234 Å². The highest BCUT2D eigenvalue weighted by Crippen LogP contribution is 2.47. The summed E-state index contributed by atoms with van der Waals surface area (Å²) in [5.74, 6) is 0. The Bertz CT molecular complexity index is 2350. The van der Waals surface area contributed by atoms with Gasteiger partial charge in [-0.05, 0) is 33.4 Å². The number of nitrogens with zero attached hydrogens (tertiary/aromatic N) is 4. The predicted molar refractivity (Wildman–Crippen MR) is 222 cm³/mol. The first-order chi connectivity index (χ1) is 28.6. The quantitative estimate of drug-likeness (QED) is 0.114. The van der Waals surface area contributed by atoms with Crippen molar-refractivity contribution in [1.82, 2.24) is 19.5 Å². The molecular weight excluding hydrogens is 723 g/mol. The summed E-state index contributed by atoms with van der Waals surface area (Å²) >= 11 is 0. The smallest absolute Gasteiger partial charge is 0.166 e. The maximum atomic E-state index is 12.8. The van der Waals surface area contributed by atoms with Gasteiger partial charge in [0.15, 0.2) is 11.9 Å². The lowest BCUT2D eigenvalue weighted by Crippen LogP contribution is -2.45.